The summed E-state index contributed by atoms with van der Waals surface area (Å²) in [7, 11) is 4.52. The average molecular weight is 413 g/mol. The molecule has 8 heteroatoms. The van der Waals surface area contributed by atoms with Gasteiger partial charge in [-0.25, -0.2) is 0 Å². The van der Waals surface area contributed by atoms with Crippen LogP contribution >= 0.6 is 11.3 Å². The fourth-order valence-corrected chi connectivity index (χ4v) is 3.79. The Morgan fingerprint density at radius 1 is 1.03 bits per heavy atom. The highest BCUT2D eigenvalue weighted by atomic mass is 32.1. The van der Waals surface area contributed by atoms with Gasteiger partial charge < -0.3 is 14.2 Å². The highest BCUT2D eigenvalue weighted by molar-refractivity contribution is 7.15. The third-order valence-corrected chi connectivity index (χ3v) is 5.32. The molecule has 3 rings (SSSR count). The SMILES string of the molecule is COc1cc(C(=O)Nc2nnc(C[C@H](C)c3ccccc3)s2)cc(OC)c1OC. The summed E-state index contributed by atoms with van der Waals surface area (Å²) in [6, 6.07) is 13.4. The van der Waals surface area contributed by atoms with Crippen molar-refractivity contribution in [1.29, 1.82) is 0 Å². The Morgan fingerprint density at radius 3 is 2.28 bits per heavy atom. The minimum absolute atomic E-state index is 0.308. The van der Waals surface area contributed by atoms with Gasteiger partial charge in [-0.3, -0.25) is 10.1 Å². The van der Waals surface area contributed by atoms with E-state index in [2.05, 4.69) is 34.6 Å². The molecule has 1 N–H and O–H groups in total. The monoisotopic (exact) mass is 413 g/mol. The first-order chi connectivity index (χ1) is 14.0. The number of benzene rings is 2. The van der Waals surface area contributed by atoms with Crippen LogP contribution in [-0.4, -0.2) is 37.4 Å². The smallest absolute Gasteiger partial charge is 0.257 e. The molecule has 2 aromatic carbocycles. The summed E-state index contributed by atoms with van der Waals surface area (Å²) in [5, 5.41) is 12.4. The largest absolute Gasteiger partial charge is 0.493 e. The van der Waals surface area contributed by atoms with Gasteiger partial charge in [0.2, 0.25) is 10.9 Å². The van der Waals surface area contributed by atoms with Gasteiger partial charge in [0.25, 0.3) is 5.91 Å². The van der Waals surface area contributed by atoms with Gasteiger partial charge in [-0.2, -0.15) is 0 Å². The van der Waals surface area contributed by atoms with E-state index in [9.17, 15) is 4.79 Å². The van der Waals surface area contributed by atoms with Gasteiger partial charge in [0.1, 0.15) is 5.01 Å². The molecule has 0 radical (unpaired) electrons. The number of carbonyl (C=O) groups is 1. The van der Waals surface area contributed by atoms with Crippen molar-refractivity contribution in [2.75, 3.05) is 26.6 Å². The first-order valence-corrected chi connectivity index (χ1v) is 9.86. The van der Waals surface area contributed by atoms with Crippen molar-refractivity contribution in [3.05, 3.63) is 58.6 Å². The first kappa shape index (κ1) is 20.6. The third-order valence-electron chi connectivity index (χ3n) is 4.46. The average Bonchev–Trinajstić information content (AvgIpc) is 3.19. The summed E-state index contributed by atoms with van der Waals surface area (Å²) in [6.07, 6.45) is 0.752. The highest BCUT2D eigenvalue weighted by Crippen LogP contribution is 2.38. The predicted molar refractivity (Wildman–Crippen MR) is 113 cm³/mol. The van der Waals surface area contributed by atoms with Crippen LogP contribution in [0.5, 0.6) is 17.2 Å². The van der Waals surface area contributed by atoms with E-state index < -0.39 is 0 Å². The summed E-state index contributed by atoms with van der Waals surface area (Å²) in [5.74, 6) is 1.23. The van der Waals surface area contributed by atoms with Gasteiger partial charge in [-0.1, -0.05) is 48.6 Å². The second kappa shape index (κ2) is 9.38. The molecule has 0 aliphatic rings. The number of rotatable bonds is 8. The number of hydrogen-bond acceptors (Lipinski definition) is 7. The molecule has 0 fully saturated rings. The number of nitrogens with one attached hydrogen (secondary N) is 1. The first-order valence-electron chi connectivity index (χ1n) is 9.04. The Labute approximate surface area is 173 Å². The number of methoxy groups -OCH3 is 3. The van der Waals surface area contributed by atoms with Crippen molar-refractivity contribution < 1.29 is 19.0 Å². The van der Waals surface area contributed by atoms with E-state index in [1.807, 2.05) is 18.2 Å². The third kappa shape index (κ3) is 4.83. The molecule has 0 bridgehead atoms. The van der Waals surface area contributed by atoms with E-state index >= 15 is 0 Å². The minimum Gasteiger partial charge on any atom is -0.493 e. The van der Waals surface area contributed by atoms with E-state index in [1.165, 1.54) is 38.2 Å². The molecule has 1 amide bonds. The number of ether oxygens (including phenoxy) is 3. The lowest BCUT2D eigenvalue weighted by Crippen LogP contribution is -2.12. The quantitative estimate of drug-likeness (QED) is 0.597. The molecule has 0 saturated carbocycles. The van der Waals surface area contributed by atoms with E-state index in [1.54, 1.807) is 12.1 Å². The maximum absolute atomic E-state index is 12.7. The van der Waals surface area contributed by atoms with E-state index in [4.69, 9.17) is 14.2 Å². The van der Waals surface area contributed by atoms with Crippen LogP contribution in [0.3, 0.4) is 0 Å². The highest BCUT2D eigenvalue weighted by Gasteiger charge is 2.18. The summed E-state index contributed by atoms with van der Waals surface area (Å²) in [5.41, 5.74) is 1.61. The van der Waals surface area contributed by atoms with E-state index in [0.29, 0.717) is 33.9 Å². The number of aromatic nitrogens is 2. The zero-order valence-corrected chi connectivity index (χ0v) is 17.6. The second-order valence-electron chi connectivity index (χ2n) is 6.38. The molecule has 1 heterocycles. The van der Waals surface area contributed by atoms with E-state index in [-0.39, 0.29) is 5.91 Å². The molecular formula is C21H23N3O4S. The van der Waals surface area contributed by atoms with Gasteiger partial charge in [0, 0.05) is 12.0 Å². The standard InChI is InChI=1S/C21H23N3O4S/c1-13(14-8-6-5-7-9-14)10-18-23-24-21(29-18)22-20(25)15-11-16(26-2)19(28-4)17(12-15)27-3/h5-9,11-13H,10H2,1-4H3,(H,22,24,25)/t13-/m0/s1. The zero-order valence-electron chi connectivity index (χ0n) is 16.8. The molecule has 0 spiro atoms. The normalized spacial score (nSPS) is 11.6. The number of hydrogen-bond donors (Lipinski definition) is 1. The molecule has 1 atom stereocenters. The van der Waals surface area contributed by atoms with Crippen LogP contribution in [0.15, 0.2) is 42.5 Å². The molecule has 0 unspecified atom stereocenters. The van der Waals surface area contributed by atoms with Crippen LogP contribution in [0.1, 0.15) is 33.8 Å². The lowest BCUT2D eigenvalue weighted by atomic mass is 9.98. The van der Waals surface area contributed by atoms with Crippen LogP contribution in [0, 0.1) is 0 Å². The zero-order chi connectivity index (χ0) is 20.8. The summed E-state index contributed by atoms with van der Waals surface area (Å²) >= 11 is 1.37. The topological polar surface area (TPSA) is 82.6 Å². The van der Waals surface area contributed by atoms with Gasteiger partial charge in [0.15, 0.2) is 11.5 Å². The Kier molecular flexibility index (Phi) is 6.66. The molecule has 0 saturated heterocycles. The van der Waals surface area contributed by atoms with Crippen molar-refractivity contribution in [2.24, 2.45) is 0 Å². The lowest BCUT2D eigenvalue weighted by molar-refractivity contribution is 0.102. The van der Waals surface area contributed by atoms with Gasteiger partial charge in [-0.05, 0) is 23.6 Å². The number of anilines is 1. The van der Waals surface area contributed by atoms with Crippen LogP contribution in [0.25, 0.3) is 0 Å². The van der Waals surface area contributed by atoms with Crippen LogP contribution in [0.4, 0.5) is 5.13 Å². The number of amides is 1. The Balaban J connectivity index is 1.72. The molecule has 3 aromatic rings. The van der Waals surface area contributed by atoms with Crippen molar-refractivity contribution in [3.8, 4) is 17.2 Å². The van der Waals surface area contributed by atoms with Gasteiger partial charge >= 0.3 is 0 Å². The fourth-order valence-electron chi connectivity index (χ4n) is 2.93. The molecule has 7 nitrogen and oxygen atoms in total. The number of carbonyl (C=O) groups excluding carboxylic acids is 1. The van der Waals surface area contributed by atoms with Crippen molar-refractivity contribution in [3.63, 3.8) is 0 Å². The molecule has 0 aliphatic carbocycles. The molecule has 0 aliphatic heterocycles. The fraction of sp³-hybridized carbons (Fsp3) is 0.286. The minimum atomic E-state index is -0.330. The Hall–Kier alpha value is -3.13. The summed E-state index contributed by atoms with van der Waals surface area (Å²) in [6.45, 7) is 2.14. The Bertz CT molecular complexity index is 950. The molecule has 152 valence electrons. The molecular weight excluding hydrogens is 390 g/mol. The van der Waals surface area contributed by atoms with E-state index in [0.717, 1.165) is 11.4 Å². The van der Waals surface area contributed by atoms with Crippen molar-refractivity contribution in [2.45, 2.75) is 19.3 Å². The van der Waals surface area contributed by atoms with Crippen molar-refractivity contribution in [1.82, 2.24) is 10.2 Å². The van der Waals surface area contributed by atoms with Crippen LogP contribution in [0.2, 0.25) is 0 Å². The summed E-state index contributed by atoms with van der Waals surface area (Å²) < 4.78 is 15.9. The second-order valence-corrected chi connectivity index (χ2v) is 7.45. The van der Waals surface area contributed by atoms with Crippen molar-refractivity contribution >= 4 is 22.4 Å². The van der Waals surface area contributed by atoms with Gasteiger partial charge in [-0.15, -0.1) is 10.2 Å². The van der Waals surface area contributed by atoms with Gasteiger partial charge in [0.05, 0.1) is 21.3 Å². The maximum atomic E-state index is 12.7. The lowest BCUT2D eigenvalue weighted by Gasteiger charge is -2.13. The molecule has 29 heavy (non-hydrogen) atoms. The summed E-state index contributed by atoms with van der Waals surface area (Å²) in [4.78, 5) is 12.7. The van der Waals surface area contributed by atoms with Crippen LogP contribution in [-0.2, 0) is 6.42 Å². The number of nitrogens with zero attached hydrogens (tertiary/aromatic N) is 2. The molecule has 1 aromatic heterocycles. The predicted octanol–water partition coefficient (Wildman–Crippen LogP) is 4.16. The maximum Gasteiger partial charge on any atom is 0.257 e. The van der Waals surface area contributed by atoms with Crippen LogP contribution < -0.4 is 19.5 Å². The Morgan fingerprint density at radius 2 is 1.69 bits per heavy atom.